The van der Waals surface area contributed by atoms with Gasteiger partial charge in [0, 0.05) is 11.8 Å². The molecule has 146 valence electrons. The quantitative estimate of drug-likeness (QED) is 0.284. The largest absolute Gasteiger partial charge is 0.478 e. The van der Waals surface area contributed by atoms with Crippen molar-refractivity contribution in [2.45, 2.75) is 0 Å². The Morgan fingerprint density at radius 2 is 1.60 bits per heavy atom. The van der Waals surface area contributed by atoms with Crippen molar-refractivity contribution < 1.29 is 37.7 Å². The molecular formula is C21H16N4O4Zn. The summed E-state index contributed by atoms with van der Waals surface area (Å²) in [4.78, 5) is 34.0. The molecule has 3 rings (SSSR count). The van der Waals surface area contributed by atoms with Gasteiger partial charge in [-0.05, 0) is 6.08 Å². The Kier molecular flexibility index (Phi) is 6.44. The minimum Gasteiger partial charge on any atom is -0.478 e. The normalized spacial score (nSPS) is 18.9. The zero-order valence-electron chi connectivity index (χ0n) is 15.7. The number of carboxylic acids is 2. The van der Waals surface area contributed by atoms with E-state index in [9.17, 15) is 9.59 Å². The molecule has 2 aliphatic heterocycles. The van der Waals surface area contributed by atoms with Gasteiger partial charge in [0.05, 0.1) is 5.57 Å². The number of aliphatic carboxylic acids is 2. The van der Waals surface area contributed by atoms with E-state index in [4.69, 9.17) is 15.9 Å². The maximum atomic E-state index is 11.2. The fourth-order valence-electron chi connectivity index (χ4n) is 2.69. The number of nitrogens with one attached hydrogen (secondary N) is 1. The van der Waals surface area contributed by atoms with Crippen LogP contribution in [0.3, 0.4) is 0 Å². The summed E-state index contributed by atoms with van der Waals surface area (Å²) in [5.41, 5.74) is 9.69. The van der Waals surface area contributed by atoms with Crippen molar-refractivity contribution >= 4 is 40.1 Å². The van der Waals surface area contributed by atoms with Crippen molar-refractivity contribution in [2.75, 3.05) is 0 Å². The molecular weight excluding hydrogens is 438 g/mol. The Hall–Kier alpha value is -3.71. The predicted molar refractivity (Wildman–Crippen MR) is 112 cm³/mol. The molecule has 0 aliphatic carbocycles. The summed E-state index contributed by atoms with van der Waals surface area (Å²) >= 11 is 1.05. The molecule has 0 saturated heterocycles. The van der Waals surface area contributed by atoms with E-state index in [1.807, 2.05) is 36.5 Å². The second-order valence-corrected chi connectivity index (χ2v) is 7.11. The number of hydrogen-bond donors (Lipinski definition) is 4. The number of rotatable bonds is 7. The van der Waals surface area contributed by atoms with E-state index in [1.165, 1.54) is 6.08 Å². The van der Waals surface area contributed by atoms with Crippen molar-refractivity contribution in [3.05, 3.63) is 82.6 Å². The van der Waals surface area contributed by atoms with Crippen LogP contribution < -0.4 is 5.73 Å². The van der Waals surface area contributed by atoms with Gasteiger partial charge in [-0.3, -0.25) is 0 Å². The first kappa shape index (κ1) is 21.0. The Bertz CT molecular complexity index is 1170. The van der Waals surface area contributed by atoms with Gasteiger partial charge in [0.2, 0.25) is 0 Å². The summed E-state index contributed by atoms with van der Waals surface area (Å²) in [5, 5.41) is 17.9. The molecule has 1 aromatic rings. The summed E-state index contributed by atoms with van der Waals surface area (Å²) in [6, 6.07) is 3.48. The molecule has 2 aliphatic rings. The predicted octanol–water partition coefficient (Wildman–Crippen LogP) is 2.01. The number of nitrogens with two attached hydrogens (primary N) is 1. The molecule has 0 fully saturated rings. The summed E-state index contributed by atoms with van der Waals surface area (Å²) in [6.45, 7) is 0. The molecule has 0 radical (unpaired) electrons. The summed E-state index contributed by atoms with van der Waals surface area (Å²) in [5.74, 6) is -2.80. The van der Waals surface area contributed by atoms with E-state index in [0.717, 1.165) is 46.4 Å². The van der Waals surface area contributed by atoms with E-state index in [2.05, 4.69) is 19.6 Å². The standard InChI is InChI=1S/C21H16N4O4.Zn/c1-12-2-3-13(23-12)8-14-4-5-15(24-14)9-16-6-7-17(25-16)10-19(22)18(21(28)29)11-20(26)27;/h1-11,25H,22H2,(H,26,27)(H,28,29);. The third-order valence-electron chi connectivity index (χ3n) is 4.03. The topological polar surface area (TPSA) is 141 Å². The third-order valence-corrected chi connectivity index (χ3v) is 4.90. The van der Waals surface area contributed by atoms with Gasteiger partial charge in [-0.2, -0.15) is 0 Å². The monoisotopic (exact) mass is 452 g/mol. The maximum Gasteiger partial charge on any atom is 0.338 e. The summed E-state index contributed by atoms with van der Waals surface area (Å²) in [7, 11) is 0. The molecule has 0 bridgehead atoms. The van der Waals surface area contributed by atoms with E-state index in [0.29, 0.717) is 11.8 Å². The molecule has 0 atom stereocenters. The molecule has 1 aromatic heterocycles. The zero-order chi connectivity index (χ0) is 21.7. The SMILES string of the molecule is NC(=Cc1ccc(C=C2C=CC(C=C3C=CC([CH]=[Zn])=N3)=N2)[nH]1)C(=CC(=O)O)C(=O)O. The number of H-pyrrole nitrogens is 1. The van der Waals surface area contributed by atoms with E-state index < -0.39 is 17.5 Å². The molecule has 8 nitrogen and oxygen atoms in total. The fraction of sp³-hybridized carbons (Fsp3) is 0. The van der Waals surface area contributed by atoms with Crippen molar-refractivity contribution in [3.63, 3.8) is 0 Å². The van der Waals surface area contributed by atoms with Crippen LogP contribution in [0.25, 0.3) is 12.2 Å². The molecule has 30 heavy (non-hydrogen) atoms. The van der Waals surface area contributed by atoms with Gasteiger partial charge >= 0.3 is 132 Å². The molecule has 9 heteroatoms. The van der Waals surface area contributed by atoms with Gasteiger partial charge in [-0.1, -0.05) is 0 Å². The average molecular weight is 454 g/mol. The van der Waals surface area contributed by atoms with Crippen LogP contribution in [0.4, 0.5) is 0 Å². The van der Waals surface area contributed by atoms with Crippen LogP contribution in [0, 0.1) is 0 Å². The number of carboxylic acid groups (broad SMARTS) is 2. The second-order valence-electron chi connectivity index (χ2n) is 6.25. The maximum absolute atomic E-state index is 11.2. The van der Waals surface area contributed by atoms with Gasteiger partial charge < -0.3 is 15.9 Å². The first-order valence-electron chi connectivity index (χ1n) is 8.78. The summed E-state index contributed by atoms with van der Waals surface area (Å²) in [6.07, 6.45) is 13.3. The smallest absolute Gasteiger partial charge is 0.338 e. The molecule has 0 saturated carbocycles. The van der Waals surface area contributed by atoms with Crippen LogP contribution in [0.5, 0.6) is 0 Å². The van der Waals surface area contributed by atoms with Crippen LogP contribution in [-0.4, -0.2) is 43.2 Å². The van der Waals surface area contributed by atoms with E-state index in [-0.39, 0.29) is 5.70 Å². The number of aliphatic imine (C=N–C) groups is 2. The van der Waals surface area contributed by atoms with Crippen molar-refractivity contribution in [1.82, 2.24) is 4.98 Å². The van der Waals surface area contributed by atoms with Gasteiger partial charge in [0.25, 0.3) is 0 Å². The van der Waals surface area contributed by atoms with Crippen LogP contribution in [-0.2, 0) is 27.4 Å². The van der Waals surface area contributed by atoms with Gasteiger partial charge in [-0.25, -0.2) is 9.59 Å². The van der Waals surface area contributed by atoms with Crippen LogP contribution >= 0.6 is 0 Å². The number of carbonyl (C=O) groups is 2. The van der Waals surface area contributed by atoms with Crippen molar-refractivity contribution in [2.24, 2.45) is 15.7 Å². The Balaban J connectivity index is 1.77. The molecule has 0 unspecified atom stereocenters. The number of aromatic nitrogens is 1. The Labute approximate surface area is 181 Å². The molecule has 0 amide bonds. The Morgan fingerprint density at radius 3 is 2.23 bits per heavy atom. The average Bonchev–Trinajstić information content (AvgIpc) is 3.42. The second kappa shape index (κ2) is 9.19. The van der Waals surface area contributed by atoms with E-state index >= 15 is 0 Å². The van der Waals surface area contributed by atoms with Crippen molar-refractivity contribution in [1.29, 1.82) is 0 Å². The molecule has 0 spiro atoms. The van der Waals surface area contributed by atoms with Crippen molar-refractivity contribution in [3.8, 4) is 0 Å². The zero-order valence-corrected chi connectivity index (χ0v) is 18.7. The minimum atomic E-state index is -1.42. The first-order valence-corrected chi connectivity index (χ1v) is 10.5. The van der Waals surface area contributed by atoms with E-state index in [1.54, 1.807) is 12.1 Å². The van der Waals surface area contributed by atoms with Gasteiger partial charge in [-0.15, -0.1) is 0 Å². The molecule has 5 N–H and O–H groups in total. The summed E-state index contributed by atoms with van der Waals surface area (Å²) < 4.78 is 2.05. The number of aromatic amines is 1. The third kappa shape index (κ3) is 5.42. The number of allylic oxidation sites excluding steroid dienone is 5. The van der Waals surface area contributed by atoms with Gasteiger partial charge in [0.1, 0.15) is 0 Å². The Morgan fingerprint density at radius 1 is 0.967 bits per heavy atom. The molecule has 0 aromatic carbocycles. The van der Waals surface area contributed by atoms with Gasteiger partial charge in [0.15, 0.2) is 0 Å². The fourth-order valence-corrected chi connectivity index (χ4v) is 3.17. The van der Waals surface area contributed by atoms with Crippen LogP contribution in [0.15, 0.2) is 81.2 Å². The van der Waals surface area contributed by atoms with Crippen LogP contribution in [0.2, 0.25) is 0 Å². The number of hydrogen-bond acceptors (Lipinski definition) is 5. The molecule has 3 heterocycles. The first-order chi connectivity index (χ1) is 14.3. The van der Waals surface area contributed by atoms with Crippen LogP contribution in [0.1, 0.15) is 11.4 Å². The number of nitrogens with zero attached hydrogens (tertiary/aromatic N) is 2. The minimum absolute atomic E-state index is 0.171.